The number of aryl methyl sites for hydroxylation is 1. The second kappa shape index (κ2) is 7.00. The van der Waals surface area contributed by atoms with Gasteiger partial charge in [0.05, 0.1) is 5.25 Å². The third-order valence-corrected chi connectivity index (χ3v) is 3.37. The zero-order valence-corrected chi connectivity index (χ0v) is 11.5. The van der Waals surface area contributed by atoms with E-state index in [4.69, 9.17) is 0 Å². The molecule has 18 heavy (non-hydrogen) atoms. The van der Waals surface area contributed by atoms with Gasteiger partial charge in [0, 0.05) is 13.1 Å². The fourth-order valence-electron chi connectivity index (χ4n) is 1.32. The topological polar surface area (TPSA) is 59.8 Å². The third-order valence-electron chi connectivity index (χ3n) is 2.29. The predicted molar refractivity (Wildman–Crippen MR) is 73.5 cm³/mol. The molecular weight excluding hydrogens is 248 g/mol. The van der Waals surface area contributed by atoms with Crippen molar-refractivity contribution in [3.8, 4) is 0 Å². The quantitative estimate of drug-likeness (QED) is 0.601. The van der Waals surface area contributed by atoms with Gasteiger partial charge >= 0.3 is 0 Å². The van der Waals surface area contributed by atoms with E-state index < -0.39 is 0 Å². The van der Waals surface area contributed by atoms with Gasteiger partial charge in [-0.25, -0.2) is 0 Å². The molecule has 0 spiro atoms. The highest BCUT2D eigenvalue weighted by Gasteiger charge is 2.17. The van der Waals surface area contributed by atoms with Crippen LogP contribution in [0.4, 0.5) is 0 Å². The second-order valence-corrected chi connectivity index (χ2v) is 5.03. The minimum absolute atomic E-state index is 0.0364. The molecule has 0 fully saturated rings. The molecule has 0 radical (unpaired) electrons. The molecule has 1 unspecified atom stereocenters. The lowest BCUT2D eigenvalue weighted by molar-refractivity contribution is -0.120. The Balaban J connectivity index is 2.69. The summed E-state index contributed by atoms with van der Waals surface area (Å²) >= 11 is 1.38. The van der Waals surface area contributed by atoms with Crippen molar-refractivity contribution in [1.29, 1.82) is 0 Å². The Morgan fingerprint density at radius 1 is 1.50 bits per heavy atom. The number of hydrogen-bond acceptors (Lipinski definition) is 4. The first-order chi connectivity index (χ1) is 8.60. The maximum atomic E-state index is 11.7. The number of nitrogens with one attached hydrogen (secondary N) is 1. The Hall–Kier alpha value is -1.56. The number of allylic oxidation sites excluding steroid dienone is 1. The average Bonchev–Trinajstić information content (AvgIpc) is 2.69. The van der Waals surface area contributed by atoms with E-state index in [1.807, 2.05) is 18.4 Å². The Morgan fingerprint density at radius 2 is 2.22 bits per heavy atom. The fraction of sp³-hybridized carbons (Fsp3) is 0.417. The summed E-state index contributed by atoms with van der Waals surface area (Å²) in [6, 6.07) is 0. The number of hydrogen-bond donors (Lipinski definition) is 1. The molecule has 1 atom stereocenters. The van der Waals surface area contributed by atoms with Crippen LogP contribution in [0, 0.1) is 6.92 Å². The molecule has 5 nitrogen and oxygen atoms in total. The predicted octanol–water partition coefficient (Wildman–Crippen LogP) is 1.56. The molecule has 0 aromatic carbocycles. The zero-order chi connectivity index (χ0) is 13.5. The molecule has 1 aromatic rings. The van der Waals surface area contributed by atoms with Crippen molar-refractivity contribution >= 4 is 17.7 Å². The number of thioether (sulfide) groups is 1. The molecular formula is C12H18N4OS. The minimum atomic E-state index is -0.225. The highest BCUT2D eigenvalue weighted by molar-refractivity contribution is 8.00. The highest BCUT2D eigenvalue weighted by atomic mass is 32.2. The van der Waals surface area contributed by atoms with Gasteiger partial charge in [-0.1, -0.05) is 23.9 Å². The number of aromatic nitrogens is 3. The summed E-state index contributed by atoms with van der Waals surface area (Å²) in [6.45, 7) is 12.1. The van der Waals surface area contributed by atoms with Crippen LogP contribution in [0.15, 0.2) is 30.5 Å². The first-order valence-electron chi connectivity index (χ1n) is 5.66. The summed E-state index contributed by atoms with van der Waals surface area (Å²) < 4.78 is 1.93. The van der Waals surface area contributed by atoms with Crippen molar-refractivity contribution < 1.29 is 4.79 Å². The van der Waals surface area contributed by atoms with E-state index >= 15 is 0 Å². The van der Waals surface area contributed by atoms with Gasteiger partial charge in [0.15, 0.2) is 5.16 Å². The van der Waals surface area contributed by atoms with Crippen LogP contribution in [0.1, 0.15) is 12.7 Å². The van der Waals surface area contributed by atoms with Crippen molar-refractivity contribution in [2.24, 2.45) is 0 Å². The van der Waals surface area contributed by atoms with Crippen LogP contribution in [0.5, 0.6) is 0 Å². The van der Waals surface area contributed by atoms with Crippen molar-refractivity contribution in [2.75, 3.05) is 6.54 Å². The zero-order valence-electron chi connectivity index (χ0n) is 10.7. The van der Waals surface area contributed by atoms with Gasteiger partial charge in [0.2, 0.25) is 5.91 Å². The first-order valence-corrected chi connectivity index (χ1v) is 6.54. The van der Waals surface area contributed by atoms with E-state index in [0.717, 1.165) is 11.0 Å². The van der Waals surface area contributed by atoms with Gasteiger partial charge in [-0.05, 0) is 13.8 Å². The molecule has 0 aliphatic carbocycles. The smallest absolute Gasteiger partial charge is 0.233 e. The minimum Gasteiger partial charge on any atom is -0.352 e. The highest BCUT2D eigenvalue weighted by Crippen LogP contribution is 2.22. The van der Waals surface area contributed by atoms with E-state index in [0.29, 0.717) is 13.1 Å². The Labute approximate surface area is 111 Å². The Kier molecular flexibility index (Phi) is 5.64. The van der Waals surface area contributed by atoms with E-state index in [1.165, 1.54) is 11.8 Å². The second-order valence-electron chi connectivity index (χ2n) is 3.72. The fourth-order valence-corrected chi connectivity index (χ4v) is 2.24. The largest absolute Gasteiger partial charge is 0.352 e. The van der Waals surface area contributed by atoms with E-state index in [-0.39, 0.29) is 11.2 Å². The van der Waals surface area contributed by atoms with Crippen LogP contribution in [-0.4, -0.2) is 32.5 Å². The third kappa shape index (κ3) is 3.73. The van der Waals surface area contributed by atoms with Crippen molar-refractivity contribution in [1.82, 2.24) is 20.1 Å². The molecule has 98 valence electrons. The SMILES string of the molecule is C=CCNC(=O)C(C)Sc1nnc(C)n1CC=C. The first kappa shape index (κ1) is 14.5. The van der Waals surface area contributed by atoms with Crippen LogP contribution in [0.25, 0.3) is 0 Å². The van der Waals surface area contributed by atoms with Crippen LogP contribution in [-0.2, 0) is 11.3 Å². The molecule has 6 heteroatoms. The number of carbonyl (C=O) groups excluding carboxylic acids is 1. The molecule has 1 rings (SSSR count). The lowest BCUT2D eigenvalue weighted by Crippen LogP contribution is -2.31. The van der Waals surface area contributed by atoms with Gasteiger partial charge < -0.3 is 9.88 Å². The maximum absolute atomic E-state index is 11.7. The average molecular weight is 266 g/mol. The number of carbonyl (C=O) groups is 1. The number of nitrogens with zero attached hydrogens (tertiary/aromatic N) is 3. The number of amides is 1. The van der Waals surface area contributed by atoms with Crippen molar-refractivity contribution in [2.45, 2.75) is 30.8 Å². The molecule has 0 saturated heterocycles. The van der Waals surface area contributed by atoms with Crippen molar-refractivity contribution in [3.63, 3.8) is 0 Å². The Morgan fingerprint density at radius 3 is 2.83 bits per heavy atom. The molecule has 0 saturated carbocycles. The van der Waals surface area contributed by atoms with E-state index in [9.17, 15) is 4.79 Å². The summed E-state index contributed by atoms with van der Waals surface area (Å²) in [5, 5.41) is 11.3. The molecule has 0 aliphatic heterocycles. The van der Waals surface area contributed by atoms with Crippen LogP contribution in [0.2, 0.25) is 0 Å². The Bertz CT molecular complexity index is 441. The summed E-state index contributed by atoms with van der Waals surface area (Å²) in [6.07, 6.45) is 3.43. The standard InChI is InChI=1S/C12H18N4OS/c1-5-7-13-11(17)9(3)18-12-15-14-10(4)16(12)8-6-2/h5-6,9H,1-2,7-8H2,3-4H3,(H,13,17). The van der Waals surface area contributed by atoms with Gasteiger partial charge in [0.1, 0.15) is 5.82 Å². The van der Waals surface area contributed by atoms with E-state index in [2.05, 4.69) is 28.7 Å². The summed E-state index contributed by atoms with van der Waals surface area (Å²) in [4.78, 5) is 11.7. The lowest BCUT2D eigenvalue weighted by atomic mass is 10.4. The molecule has 1 amide bonds. The molecule has 1 N–H and O–H groups in total. The van der Waals surface area contributed by atoms with Gasteiger partial charge in [-0.3, -0.25) is 4.79 Å². The van der Waals surface area contributed by atoms with Crippen molar-refractivity contribution in [3.05, 3.63) is 31.1 Å². The van der Waals surface area contributed by atoms with Gasteiger partial charge in [-0.15, -0.1) is 23.4 Å². The molecule has 0 bridgehead atoms. The van der Waals surface area contributed by atoms with Crippen LogP contribution < -0.4 is 5.32 Å². The van der Waals surface area contributed by atoms with E-state index in [1.54, 1.807) is 12.2 Å². The maximum Gasteiger partial charge on any atom is 0.233 e. The molecule has 0 aliphatic rings. The van der Waals surface area contributed by atoms with Crippen LogP contribution in [0.3, 0.4) is 0 Å². The van der Waals surface area contributed by atoms with Crippen LogP contribution >= 0.6 is 11.8 Å². The molecule has 1 heterocycles. The van der Waals surface area contributed by atoms with Gasteiger partial charge in [0.25, 0.3) is 0 Å². The molecule has 1 aromatic heterocycles. The van der Waals surface area contributed by atoms with Gasteiger partial charge in [-0.2, -0.15) is 0 Å². The number of rotatable bonds is 7. The normalized spacial score (nSPS) is 11.9. The lowest BCUT2D eigenvalue weighted by Gasteiger charge is -2.11. The monoisotopic (exact) mass is 266 g/mol. The summed E-state index contributed by atoms with van der Waals surface area (Å²) in [5.74, 6) is 0.779. The summed E-state index contributed by atoms with van der Waals surface area (Å²) in [5.41, 5.74) is 0. The summed E-state index contributed by atoms with van der Waals surface area (Å²) in [7, 11) is 0.